The third-order valence-corrected chi connectivity index (χ3v) is 4.14. The molecule has 0 aliphatic carbocycles. The molecule has 1 aromatic rings. The van der Waals surface area contributed by atoms with Crippen LogP contribution in [-0.4, -0.2) is 47.7 Å². The molecule has 0 spiro atoms. The second kappa shape index (κ2) is 6.97. The fraction of sp³-hybridized carbons (Fsp3) is 0.526. The van der Waals surface area contributed by atoms with Gasteiger partial charge in [0.15, 0.2) is 0 Å². The zero-order valence-corrected chi connectivity index (χ0v) is 16.3. The highest BCUT2D eigenvalue weighted by Gasteiger charge is 2.50. The fourth-order valence-electron chi connectivity index (χ4n) is 2.85. The number of likely N-dealkylation sites (N-methyl/N-ethyl adjacent to an activating group) is 1. The van der Waals surface area contributed by atoms with Crippen molar-refractivity contribution in [1.82, 2.24) is 10.2 Å². The number of nitrogens with zero attached hydrogens (tertiary/aromatic N) is 2. The Balaban J connectivity index is 1.98. The molecular weight excluding hydrogens is 334 g/mol. The maximum atomic E-state index is 12.3. The van der Waals surface area contributed by atoms with Gasteiger partial charge in [0, 0.05) is 19.3 Å². The topological polar surface area (TPSA) is 79.0 Å². The number of amides is 4. The Hall–Kier alpha value is -2.57. The third kappa shape index (κ3) is 4.15. The highest BCUT2D eigenvalue weighted by atomic mass is 16.6. The molecule has 1 saturated heterocycles. The zero-order valence-electron chi connectivity index (χ0n) is 16.3. The summed E-state index contributed by atoms with van der Waals surface area (Å²) in [5.74, 6) is -0.229. The number of anilines is 1. The molecule has 7 heteroatoms. The molecule has 26 heavy (non-hydrogen) atoms. The van der Waals surface area contributed by atoms with Crippen LogP contribution in [0.1, 0.15) is 40.2 Å². The van der Waals surface area contributed by atoms with Crippen molar-refractivity contribution in [1.29, 1.82) is 0 Å². The average molecular weight is 361 g/mol. The second-order valence-electron chi connectivity index (χ2n) is 7.89. The lowest BCUT2D eigenvalue weighted by molar-refractivity contribution is -0.128. The van der Waals surface area contributed by atoms with Gasteiger partial charge in [-0.3, -0.25) is 14.6 Å². The molecule has 1 aliphatic heterocycles. The van der Waals surface area contributed by atoms with E-state index in [2.05, 4.69) is 5.32 Å². The molecule has 1 fully saturated rings. The van der Waals surface area contributed by atoms with Gasteiger partial charge < -0.3 is 10.1 Å². The number of hydrogen-bond acceptors (Lipinski definition) is 4. The van der Waals surface area contributed by atoms with Crippen molar-refractivity contribution in [3.05, 3.63) is 29.8 Å². The monoisotopic (exact) mass is 361 g/mol. The van der Waals surface area contributed by atoms with Gasteiger partial charge in [-0.15, -0.1) is 0 Å². The predicted molar refractivity (Wildman–Crippen MR) is 99.1 cm³/mol. The van der Waals surface area contributed by atoms with Crippen molar-refractivity contribution in [3.63, 3.8) is 0 Å². The summed E-state index contributed by atoms with van der Waals surface area (Å²) in [5, 5.41) is 2.71. The van der Waals surface area contributed by atoms with Crippen LogP contribution in [0.25, 0.3) is 0 Å². The van der Waals surface area contributed by atoms with Crippen LogP contribution >= 0.6 is 0 Å². The molecule has 4 amide bonds. The molecule has 7 nitrogen and oxygen atoms in total. The van der Waals surface area contributed by atoms with Crippen LogP contribution in [0.3, 0.4) is 0 Å². The Morgan fingerprint density at radius 2 is 1.73 bits per heavy atom. The molecule has 1 aliphatic rings. The van der Waals surface area contributed by atoms with Crippen molar-refractivity contribution >= 4 is 23.7 Å². The lowest BCUT2D eigenvalue weighted by Gasteiger charge is -2.28. The summed E-state index contributed by atoms with van der Waals surface area (Å²) in [4.78, 5) is 38.8. The van der Waals surface area contributed by atoms with Crippen LogP contribution in [0.5, 0.6) is 0 Å². The SMILES string of the molecule is CN1C(=O)N(c2ccc(CCNC(=O)OC(C)(C)C)cc2)C(C)(C)C1=O. The van der Waals surface area contributed by atoms with E-state index in [1.807, 2.05) is 45.0 Å². The summed E-state index contributed by atoms with van der Waals surface area (Å²) in [6, 6.07) is 7.07. The van der Waals surface area contributed by atoms with E-state index in [-0.39, 0.29) is 11.9 Å². The molecule has 0 saturated carbocycles. The molecule has 0 bridgehead atoms. The van der Waals surface area contributed by atoms with Gasteiger partial charge in [-0.05, 0) is 58.7 Å². The van der Waals surface area contributed by atoms with E-state index < -0.39 is 17.2 Å². The van der Waals surface area contributed by atoms with Crippen molar-refractivity contribution in [3.8, 4) is 0 Å². The summed E-state index contributed by atoms with van der Waals surface area (Å²) in [6.45, 7) is 9.35. The van der Waals surface area contributed by atoms with Gasteiger partial charge in [-0.25, -0.2) is 9.59 Å². The van der Waals surface area contributed by atoms with Gasteiger partial charge in [0.2, 0.25) is 0 Å². The van der Waals surface area contributed by atoms with E-state index in [0.717, 1.165) is 10.5 Å². The summed E-state index contributed by atoms with van der Waals surface area (Å²) in [6.07, 6.45) is 0.190. The van der Waals surface area contributed by atoms with Gasteiger partial charge >= 0.3 is 12.1 Å². The summed E-state index contributed by atoms with van der Waals surface area (Å²) in [5.41, 5.74) is 0.243. The first-order valence-electron chi connectivity index (χ1n) is 8.61. The number of hydrogen-bond donors (Lipinski definition) is 1. The van der Waals surface area contributed by atoms with E-state index in [1.54, 1.807) is 13.8 Å². The number of rotatable bonds is 4. The summed E-state index contributed by atoms with van der Waals surface area (Å²) >= 11 is 0. The van der Waals surface area contributed by atoms with Crippen molar-refractivity contribution in [2.24, 2.45) is 0 Å². The maximum Gasteiger partial charge on any atom is 0.407 e. The highest BCUT2D eigenvalue weighted by molar-refractivity contribution is 6.16. The Bertz CT molecular complexity index is 704. The van der Waals surface area contributed by atoms with Crippen LogP contribution in [0.4, 0.5) is 15.3 Å². The first-order valence-corrected chi connectivity index (χ1v) is 8.61. The second-order valence-corrected chi connectivity index (χ2v) is 7.89. The van der Waals surface area contributed by atoms with Crippen molar-refractivity contribution < 1.29 is 19.1 Å². The van der Waals surface area contributed by atoms with Gasteiger partial charge in [0.05, 0.1) is 0 Å². The number of ether oxygens (including phenoxy) is 1. The molecular formula is C19H27N3O4. The number of imide groups is 1. The molecule has 0 atom stereocenters. The lowest BCUT2D eigenvalue weighted by atomic mass is 10.0. The molecule has 0 unspecified atom stereocenters. The standard InChI is InChI=1S/C19H27N3O4/c1-18(2,3)26-16(24)20-12-11-13-7-9-14(10-8-13)22-17(25)21(6)15(23)19(22,4)5/h7-10H,11-12H2,1-6H3,(H,20,24). The average Bonchev–Trinajstić information content (AvgIpc) is 2.67. The minimum atomic E-state index is -0.911. The predicted octanol–water partition coefficient (Wildman–Crippen LogP) is 2.93. The molecule has 0 radical (unpaired) electrons. The van der Waals surface area contributed by atoms with E-state index in [9.17, 15) is 14.4 Å². The number of carbonyl (C=O) groups excluding carboxylic acids is 3. The Kier molecular flexibility index (Phi) is 5.30. The Morgan fingerprint density at radius 3 is 2.19 bits per heavy atom. The highest BCUT2D eigenvalue weighted by Crippen LogP contribution is 2.32. The van der Waals surface area contributed by atoms with Gasteiger partial charge in [-0.1, -0.05) is 12.1 Å². The van der Waals surface area contributed by atoms with E-state index in [4.69, 9.17) is 4.74 Å². The van der Waals surface area contributed by atoms with Crippen molar-refractivity contribution in [2.45, 2.75) is 52.2 Å². The minimum Gasteiger partial charge on any atom is -0.444 e. The lowest BCUT2D eigenvalue weighted by Crippen LogP contribution is -2.44. The molecule has 1 N–H and O–H groups in total. The van der Waals surface area contributed by atoms with Gasteiger partial charge in [0.25, 0.3) is 5.91 Å². The van der Waals surface area contributed by atoms with Crippen LogP contribution in [-0.2, 0) is 16.0 Å². The molecule has 1 aromatic carbocycles. The van der Waals surface area contributed by atoms with Gasteiger partial charge in [-0.2, -0.15) is 0 Å². The molecule has 1 heterocycles. The van der Waals surface area contributed by atoms with Crippen LogP contribution in [0, 0.1) is 0 Å². The zero-order chi connectivity index (χ0) is 19.7. The summed E-state index contributed by atoms with van der Waals surface area (Å²) < 4.78 is 5.19. The van der Waals surface area contributed by atoms with Crippen LogP contribution in [0.2, 0.25) is 0 Å². The first kappa shape index (κ1) is 19.8. The number of benzene rings is 1. The minimum absolute atomic E-state index is 0.229. The Labute approximate surface area is 154 Å². The Morgan fingerprint density at radius 1 is 1.15 bits per heavy atom. The smallest absolute Gasteiger partial charge is 0.407 e. The molecule has 142 valence electrons. The molecule has 2 rings (SSSR count). The largest absolute Gasteiger partial charge is 0.444 e. The quantitative estimate of drug-likeness (QED) is 0.836. The number of nitrogens with one attached hydrogen (secondary N) is 1. The fourth-order valence-corrected chi connectivity index (χ4v) is 2.85. The third-order valence-electron chi connectivity index (χ3n) is 4.14. The number of carbonyl (C=O) groups is 3. The molecule has 0 aromatic heterocycles. The van der Waals surface area contributed by atoms with Gasteiger partial charge in [0.1, 0.15) is 11.1 Å². The normalized spacial score (nSPS) is 16.8. The van der Waals surface area contributed by atoms with E-state index >= 15 is 0 Å². The van der Waals surface area contributed by atoms with E-state index in [0.29, 0.717) is 18.7 Å². The summed E-state index contributed by atoms with van der Waals surface area (Å²) in [7, 11) is 1.49. The van der Waals surface area contributed by atoms with Crippen LogP contribution in [0.15, 0.2) is 24.3 Å². The van der Waals surface area contributed by atoms with Crippen LogP contribution < -0.4 is 10.2 Å². The van der Waals surface area contributed by atoms with E-state index in [1.165, 1.54) is 11.9 Å². The first-order chi connectivity index (χ1) is 11.9. The number of alkyl carbamates (subject to hydrolysis) is 1. The van der Waals surface area contributed by atoms with Crippen molar-refractivity contribution in [2.75, 3.05) is 18.5 Å². The number of urea groups is 1. The maximum absolute atomic E-state index is 12.3.